The van der Waals surface area contributed by atoms with E-state index in [-0.39, 0.29) is 18.4 Å². The maximum atomic E-state index is 13.1. The van der Waals surface area contributed by atoms with Crippen molar-refractivity contribution in [1.82, 2.24) is 4.90 Å². The van der Waals surface area contributed by atoms with E-state index in [1.807, 2.05) is 30.3 Å². The van der Waals surface area contributed by atoms with Gasteiger partial charge in [0.05, 0.1) is 6.54 Å². The molecule has 0 atom stereocenters. The highest BCUT2D eigenvalue weighted by Crippen LogP contribution is 2.16. The number of carbonyl (C=O) groups is 2. The summed E-state index contributed by atoms with van der Waals surface area (Å²) in [4.78, 5) is 25.9. The molecule has 5 heteroatoms. The molecule has 126 valence electrons. The number of fused-ring (bicyclic) bond motifs is 1. The Labute approximate surface area is 144 Å². The van der Waals surface area contributed by atoms with E-state index in [2.05, 4.69) is 5.32 Å². The molecule has 0 heterocycles. The lowest BCUT2D eigenvalue weighted by Gasteiger charge is -2.17. The molecule has 0 saturated carbocycles. The van der Waals surface area contributed by atoms with Gasteiger partial charge in [0.2, 0.25) is 5.91 Å². The van der Waals surface area contributed by atoms with Gasteiger partial charge < -0.3 is 10.2 Å². The third-order valence-electron chi connectivity index (χ3n) is 3.83. The number of nitrogens with one attached hydrogen (secondary N) is 1. The Bertz CT molecular complexity index is 940. The highest BCUT2D eigenvalue weighted by atomic mass is 19.1. The van der Waals surface area contributed by atoms with Crippen molar-refractivity contribution in [3.05, 3.63) is 78.1 Å². The molecule has 0 aliphatic heterocycles. The summed E-state index contributed by atoms with van der Waals surface area (Å²) in [5.41, 5.74) is 0.872. The number of anilines is 1. The first kappa shape index (κ1) is 16.6. The predicted molar refractivity (Wildman–Crippen MR) is 95.9 cm³/mol. The Kier molecular flexibility index (Phi) is 4.75. The number of nitrogens with zero attached hydrogens (tertiary/aromatic N) is 1. The van der Waals surface area contributed by atoms with Crippen molar-refractivity contribution in [2.75, 3.05) is 18.9 Å². The van der Waals surface area contributed by atoms with Crippen molar-refractivity contribution < 1.29 is 14.0 Å². The van der Waals surface area contributed by atoms with Gasteiger partial charge in [0.25, 0.3) is 5.91 Å². The SMILES string of the molecule is CN(CC(=O)Nc1cccc(F)c1)C(=O)c1ccc2ccccc2c1. The largest absolute Gasteiger partial charge is 0.332 e. The minimum atomic E-state index is -0.432. The van der Waals surface area contributed by atoms with E-state index in [9.17, 15) is 14.0 Å². The van der Waals surface area contributed by atoms with Crippen molar-refractivity contribution >= 4 is 28.3 Å². The van der Waals surface area contributed by atoms with Crippen molar-refractivity contribution in [3.8, 4) is 0 Å². The van der Waals surface area contributed by atoms with E-state index in [1.165, 1.54) is 23.1 Å². The molecule has 0 bridgehead atoms. The molecule has 3 aromatic carbocycles. The van der Waals surface area contributed by atoms with Crippen LogP contribution in [0.1, 0.15) is 10.4 Å². The van der Waals surface area contributed by atoms with Crippen molar-refractivity contribution in [2.24, 2.45) is 0 Å². The van der Waals surface area contributed by atoms with Gasteiger partial charge in [-0.2, -0.15) is 0 Å². The first-order valence-electron chi connectivity index (χ1n) is 7.82. The Balaban J connectivity index is 1.67. The predicted octanol–water partition coefficient (Wildman–Crippen LogP) is 3.69. The molecule has 0 aromatic heterocycles. The highest BCUT2D eigenvalue weighted by molar-refractivity contribution is 6.01. The van der Waals surface area contributed by atoms with Crippen LogP contribution in [0, 0.1) is 5.82 Å². The zero-order valence-corrected chi connectivity index (χ0v) is 13.7. The summed E-state index contributed by atoms with van der Waals surface area (Å²) in [6.45, 7) is -0.123. The summed E-state index contributed by atoms with van der Waals surface area (Å²) >= 11 is 0. The molecule has 0 aliphatic rings. The Morgan fingerprint density at radius 1 is 0.960 bits per heavy atom. The van der Waals surface area contributed by atoms with E-state index < -0.39 is 5.82 Å². The molecule has 4 nitrogen and oxygen atoms in total. The van der Waals surface area contributed by atoms with Crippen molar-refractivity contribution in [2.45, 2.75) is 0 Å². The minimum absolute atomic E-state index is 0.123. The summed E-state index contributed by atoms with van der Waals surface area (Å²) in [5.74, 6) is -1.07. The molecule has 3 aromatic rings. The second-order valence-electron chi connectivity index (χ2n) is 5.78. The molecule has 1 N–H and O–H groups in total. The summed E-state index contributed by atoms with van der Waals surface area (Å²) < 4.78 is 13.1. The third-order valence-corrected chi connectivity index (χ3v) is 3.83. The van der Waals surface area contributed by atoms with Crippen LogP contribution >= 0.6 is 0 Å². The molecule has 0 fully saturated rings. The van der Waals surface area contributed by atoms with Crippen LogP contribution in [0.3, 0.4) is 0 Å². The van der Waals surface area contributed by atoms with Crippen molar-refractivity contribution in [1.29, 1.82) is 0 Å². The average Bonchev–Trinajstić information content (AvgIpc) is 2.60. The van der Waals surface area contributed by atoms with Crippen LogP contribution in [-0.4, -0.2) is 30.3 Å². The third kappa shape index (κ3) is 4.01. The number of rotatable bonds is 4. The van der Waals surface area contributed by atoms with E-state index in [0.717, 1.165) is 10.8 Å². The number of hydrogen-bond acceptors (Lipinski definition) is 2. The quantitative estimate of drug-likeness (QED) is 0.790. The number of amides is 2. The van der Waals surface area contributed by atoms with Crippen LogP contribution in [0.15, 0.2) is 66.7 Å². The fourth-order valence-electron chi connectivity index (χ4n) is 2.60. The summed E-state index contributed by atoms with van der Waals surface area (Å²) in [6, 6.07) is 18.8. The molecule has 3 rings (SSSR count). The molecular formula is C20H17FN2O2. The molecule has 0 radical (unpaired) electrons. The van der Waals surface area contributed by atoms with Gasteiger partial charge in [-0.05, 0) is 41.1 Å². The number of hydrogen-bond donors (Lipinski definition) is 1. The minimum Gasteiger partial charge on any atom is -0.332 e. The monoisotopic (exact) mass is 336 g/mol. The summed E-state index contributed by atoms with van der Waals surface area (Å²) in [5, 5.41) is 4.59. The molecule has 0 saturated heterocycles. The van der Waals surface area contributed by atoms with E-state index >= 15 is 0 Å². The fourth-order valence-corrected chi connectivity index (χ4v) is 2.60. The first-order chi connectivity index (χ1) is 12.0. The zero-order valence-electron chi connectivity index (χ0n) is 13.7. The number of carbonyl (C=O) groups excluding carboxylic acids is 2. The van der Waals surface area contributed by atoms with Gasteiger partial charge in [-0.15, -0.1) is 0 Å². The van der Waals surface area contributed by atoms with Crippen LogP contribution in [0.25, 0.3) is 10.8 Å². The molecule has 2 amide bonds. The van der Waals surface area contributed by atoms with Gasteiger partial charge >= 0.3 is 0 Å². The summed E-state index contributed by atoms with van der Waals surface area (Å²) in [7, 11) is 1.56. The first-order valence-corrected chi connectivity index (χ1v) is 7.82. The van der Waals surface area contributed by atoms with Gasteiger partial charge in [0.15, 0.2) is 0 Å². The highest BCUT2D eigenvalue weighted by Gasteiger charge is 2.15. The van der Waals surface area contributed by atoms with E-state index in [4.69, 9.17) is 0 Å². The van der Waals surface area contributed by atoms with Gasteiger partial charge in [0.1, 0.15) is 5.82 Å². The Morgan fingerprint density at radius 2 is 1.72 bits per heavy atom. The van der Waals surface area contributed by atoms with Crippen LogP contribution in [0.5, 0.6) is 0 Å². The van der Waals surface area contributed by atoms with E-state index in [0.29, 0.717) is 11.3 Å². The maximum Gasteiger partial charge on any atom is 0.254 e. The van der Waals surface area contributed by atoms with Crippen LogP contribution in [0.4, 0.5) is 10.1 Å². The number of benzene rings is 3. The lowest BCUT2D eigenvalue weighted by Crippen LogP contribution is -2.34. The Hall–Kier alpha value is -3.21. The van der Waals surface area contributed by atoms with Crippen molar-refractivity contribution in [3.63, 3.8) is 0 Å². The van der Waals surface area contributed by atoms with Crippen LogP contribution < -0.4 is 5.32 Å². The molecule has 0 aliphatic carbocycles. The van der Waals surface area contributed by atoms with Gasteiger partial charge in [-0.25, -0.2) is 4.39 Å². The molecule has 25 heavy (non-hydrogen) atoms. The summed E-state index contributed by atoms with van der Waals surface area (Å²) in [6.07, 6.45) is 0. The van der Waals surface area contributed by atoms with Crippen LogP contribution in [-0.2, 0) is 4.79 Å². The number of halogens is 1. The Morgan fingerprint density at radius 3 is 2.48 bits per heavy atom. The van der Waals surface area contributed by atoms with E-state index in [1.54, 1.807) is 25.2 Å². The average molecular weight is 336 g/mol. The lowest BCUT2D eigenvalue weighted by molar-refractivity contribution is -0.116. The van der Waals surface area contributed by atoms with Crippen LogP contribution in [0.2, 0.25) is 0 Å². The topological polar surface area (TPSA) is 49.4 Å². The standard InChI is InChI=1S/C20H17FN2O2/c1-23(13-19(24)22-18-8-4-7-17(21)12-18)20(25)16-10-9-14-5-2-3-6-15(14)11-16/h2-12H,13H2,1H3,(H,22,24). The maximum absolute atomic E-state index is 13.1. The second kappa shape index (κ2) is 7.13. The molecule has 0 spiro atoms. The molecular weight excluding hydrogens is 319 g/mol. The lowest BCUT2D eigenvalue weighted by atomic mass is 10.1. The fraction of sp³-hybridized carbons (Fsp3) is 0.100. The van der Waals surface area contributed by atoms with Gasteiger partial charge in [-0.3, -0.25) is 9.59 Å². The van der Waals surface area contributed by atoms with Gasteiger partial charge in [-0.1, -0.05) is 36.4 Å². The number of likely N-dealkylation sites (N-methyl/N-ethyl adjacent to an activating group) is 1. The smallest absolute Gasteiger partial charge is 0.254 e. The van der Waals surface area contributed by atoms with Gasteiger partial charge in [0, 0.05) is 18.3 Å². The zero-order chi connectivity index (χ0) is 17.8. The normalized spacial score (nSPS) is 10.5. The molecule has 0 unspecified atom stereocenters. The second-order valence-corrected chi connectivity index (χ2v) is 5.78.